The highest BCUT2D eigenvalue weighted by atomic mass is 32.2. The van der Waals surface area contributed by atoms with E-state index in [1.807, 2.05) is 17.8 Å². The van der Waals surface area contributed by atoms with Crippen molar-refractivity contribution in [3.8, 4) is 11.5 Å². The van der Waals surface area contributed by atoms with Crippen LogP contribution >= 0.6 is 11.8 Å². The zero-order valence-electron chi connectivity index (χ0n) is 18.2. The minimum atomic E-state index is 0.207. The van der Waals surface area contributed by atoms with Gasteiger partial charge in [0.2, 0.25) is 0 Å². The lowest BCUT2D eigenvalue weighted by Crippen LogP contribution is -2.42. The zero-order valence-corrected chi connectivity index (χ0v) is 19.0. The summed E-state index contributed by atoms with van der Waals surface area (Å²) in [6.07, 6.45) is 5.45. The molecule has 2 aliphatic rings. The third kappa shape index (κ3) is 5.51. The molecule has 0 bridgehead atoms. The minimum Gasteiger partial charge on any atom is -0.497 e. The fourth-order valence-electron chi connectivity index (χ4n) is 4.10. The lowest BCUT2D eigenvalue weighted by Gasteiger charge is -2.34. The van der Waals surface area contributed by atoms with Crippen LogP contribution in [0.1, 0.15) is 37.7 Å². The van der Waals surface area contributed by atoms with Crippen molar-refractivity contribution < 1.29 is 14.2 Å². The van der Waals surface area contributed by atoms with Crippen molar-refractivity contribution in [2.45, 2.75) is 36.9 Å². The molecule has 2 heterocycles. The predicted molar refractivity (Wildman–Crippen MR) is 121 cm³/mol. The van der Waals surface area contributed by atoms with Gasteiger partial charge in [-0.25, -0.2) is 0 Å². The number of nitrogens with one attached hydrogen (secondary N) is 1. The Morgan fingerprint density at radius 3 is 2.52 bits per heavy atom. The van der Waals surface area contributed by atoms with E-state index in [0.29, 0.717) is 5.92 Å². The first-order valence-corrected chi connectivity index (χ1v) is 11.7. The average Bonchev–Trinajstić information content (AvgIpc) is 3.27. The van der Waals surface area contributed by atoms with Crippen molar-refractivity contribution in [3.05, 3.63) is 23.8 Å². The van der Waals surface area contributed by atoms with Gasteiger partial charge in [-0.1, -0.05) is 0 Å². The van der Waals surface area contributed by atoms with Gasteiger partial charge >= 0.3 is 0 Å². The van der Waals surface area contributed by atoms with Gasteiger partial charge in [-0.2, -0.15) is 11.8 Å². The van der Waals surface area contributed by atoms with Crippen LogP contribution in [0.4, 0.5) is 0 Å². The molecular weight excluding hydrogens is 386 g/mol. The van der Waals surface area contributed by atoms with Gasteiger partial charge in [0.25, 0.3) is 0 Å². The highest BCUT2D eigenvalue weighted by Gasteiger charge is 2.33. The van der Waals surface area contributed by atoms with E-state index in [2.05, 4.69) is 35.5 Å². The number of guanidine groups is 1. The molecule has 0 aromatic heterocycles. The van der Waals surface area contributed by atoms with E-state index in [4.69, 9.17) is 19.2 Å². The fraction of sp³-hybridized carbons (Fsp3) is 0.682. The Labute approximate surface area is 179 Å². The Morgan fingerprint density at radius 1 is 1.24 bits per heavy atom. The monoisotopic (exact) mass is 421 g/mol. The lowest BCUT2D eigenvalue weighted by atomic mass is 9.98. The molecule has 1 N–H and O–H groups in total. The summed E-state index contributed by atoms with van der Waals surface area (Å²) in [5.41, 5.74) is 1.27. The molecule has 2 fully saturated rings. The maximum Gasteiger partial charge on any atom is 0.193 e. The number of aliphatic imine (C=N–C) groups is 1. The van der Waals surface area contributed by atoms with Gasteiger partial charge in [-0.3, -0.25) is 4.99 Å². The summed E-state index contributed by atoms with van der Waals surface area (Å²) in [6.45, 7) is 7.50. The summed E-state index contributed by atoms with van der Waals surface area (Å²) < 4.78 is 16.7. The molecular formula is C22H35N3O3S. The summed E-state index contributed by atoms with van der Waals surface area (Å²) >= 11 is 1.94. The van der Waals surface area contributed by atoms with Gasteiger partial charge in [0.15, 0.2) is 5.96 Å². The van der Waals surface area contributed by atoms with Gasteiger partial charge in [0, 0.05) is 49.6 Å². The molecule has 0 aliphatic carbocycles. The molecule has 1 aromatic carbocycles. The van der Waals surface area contributed by atoms with Crippen LogP contribution in [0.25, 0.3) is 0 Å². The Morgan fingerprint density at radius 2 is 1.93 bits per heavy atom. The Bertz CT molecular complexity index is 670. The summed E-state index contributed by atoms with van der Waals surface area (Å²) in [5.74, 6) is 3.17. The molecule has 0 saturated carbocycles. The molecule has 0 radical (unpaired) electrons. The molecule has 2 aliphatic heterocycles. The summed E-state index contributed by atoms with van der Waals surface area (Å²) in [5, 5.41) is 3.51. The van der Waals surface area contributed by atoms with Crippen molar-refractivity contribution in [1.29, 1.82) is 0 Å². The van der Waals surface area contributed by atoms with Gasteiger partial charge in [-0.15, -0.1) is 0 Å². The number of benzene rings is 1. The number of hydrogen-bond acceptors (Lipinski definition) is 5. The first-order chi connectivity index (χ1) is 14.1. The molecule has 2 saturated heterocycles. The van der Waals surface area contributed by atoms with Crippen LogP contribution in [0.3, 0.4) is 0 Å². The molecule has 3 rings (SSSR count). The van der Waals surface area contributed by atoms with Crippen LogP contribution in [-0.2, 0) is 4.74 Å². The molecule has 162 valence electrons. The van der Waals surface area contributed by atoms with Crippen LogP contribution in [-0.4, -0.2) is 75.5 Å². The summed E-state index contributed by atoms with van der Waals surface area (Å²) in [7, 11) is 3.40. The molecule has 7 heteroatoms. The maximum absolute atomic E-state index is 5.57. The fourth-order valence-corrected chi connectivity index (χ4v) is 4.87. The Balaban J connectivity index is 1.71. The van der Waals surface area contributed by atoms with E-state index >= 15 is 0 Å². The zero-order chi connectivity index (χ0) is 20.7. The molecule has 29 heavy (non-hydrogen) atoms. The summed E-state index contributed by atoms with van der Waals surface area (Å²) in [4.78, 5) is 7.46. The normalized spacial score (nSPS) is 21.9. The van der Waals surface area contributed by atoms with E-state index in [9.17, 15) is 0 Å². The van der Waals surface area contributed by atoms with Crippen LogP contribution in [0.2, 0.25) is 0 Å². The van der Waals surface area contributed by atoms with Crippen LogP contribution in [0.5, 0.6) is 11.5 Å². The van der Waals surface area contributed by atoms with E-state index in [0.717, 1.165) is 76.1 Å². The highest BCUT2D eigenvalue weighted by molar-refractivity contribution is 8.00. The van der Waals surface area contributed by atoms with Gasteiger partial charge in [-0.05, 0) is 50.1 Å². The number of methoxy groups -OCH3 is 2. The molecule has 0 amide bonds. The Kier molecular flexibility index (Phi) is 7.95. The van der Waals surface area contributed by atoms with E-state index in [1.54, 1.807) is 14.2 Å². The van der Waals surface area contributed by atoms with Crippen molar-refractivity contribution in [1.82, 2.24) is 10.2 Å². The number of likely N-dealkylation sites (tertiary alicyclic amines) is 1. The molecule has 6 nitrogen and oxygen atoms in total. The second-order valence-corrected chi connectivity index (χ2v) is 9.02. The van der Waals surface area contributed by atoms with E-state index in [1.165, 1.54) is 5.56 Å². The average molecular weight is 422 g/mol. The van der Waals surface area contributed by atoms with Crippen LogP contribution < -0.4 is 14.8 Å². The number of thioether (sulfide) groups is 1. The quantitative estimate of drug-likeness (QED) is 0.538. The smallest absolute Gasteiger partial charge is 0.193 e. The minimum absolute atomic E-state index is 0.207. The molecule has 0 spiro atoms. The highest BCUT2D eigenvalue weighted by Crippen LogP contribution is 2.35. The predicted octanol–water partition coefficient (Wildman–Crippen LogP) is 3.37. The standard InChI is InChI=1S/C22H35N3O3S/c1-5-23-21(24-16-22(29-4)7-10-28-11-8-22)25-9-6-17(15-25)18-12-19(26-2)14-20(13-18)27-3/h12-14,17H,5-11,15-16H2,1-4H3,(H,23,24). The van der Waals surface area contributed by atoms with Gasteiger partial charge in [0.1, 0.15) is 11.5 Å². The first-order valence-electron chi connectivity index (χ1n) is 10.5. The van der Waals surface area contributed by atoms with Crippen molar-refractivity contribution in [2.75, 3.05) is 59.9 Å². The molecule has 1 atom stereocenters. The summed E-state index contributed by atoms with van der Waals surface area (Å²) in [6, 6.07) is 6.19. The second-order valence-electron chi connectivity index (χ2n) is 7.75. The van der Waals surface area contributed by atoms with E-state index < -0.39 is 0 Å². The molecule has 1 aromatic rings. The van der Waals surface area contributed by atoms with Crippen molar-refractivity contribution >= 4 is 17.7 Å². The third-order valence-electron chi connectivity index (χ3n) is 6.02. The lowest BCUT2D eigenvalue weighted by molar-refractivity contribution is 0.0793. The number of hydrogen-bond donors (Lipinski definition) is 1. The van der Waals surface area contributed by atoms with Crippen LogP contribution in [0, 0.1) is 0 Å². The third-order valence-corrected chi connectivity index (χ3v) is 7.43. The Hall–Kier alpha value is -1.60. The molecule has 1 unspecified atom stereocenters. The van der Waals surface area contributed by atoms with Crippen molar-refractivity contribution in [3.63, 3.8) is 0 Å². The van der Waals surface area contributed by atoms with E-state index in [-0.39, 0.29) is 4.75 Å². The SMILES string of the molecule is CCNC(=NCC1(SC)CCOCC1)N1CCC(c2cc(OC)cc(OC)c2)C1. The van der Waals surface area contributed by atoms with Gasteiger partial charge in [0.05, 0.1) is 20.8 Å². The second kappa shape index (κ2) is 10.4. The number of ether oxygens (including phenoxy) is 3. The largest absolute Gasteiger partial charge is 0.497 e. The van der Waals surface area contributed by atoms with Crippen molar-refractivity contribution in [2.24, 2.45) is 4.99 Å². The van der Waals surface area contributed by atoms with Gasteiger partial charge < -0.3 is 24.4 Å². The maximum atomic E-state index is 5.57. The first kappa shape index (κ1) is 22.1. The topological polar surface area (TPSA) is 55.3 Å². The number of nitrogens with zero attached hydrogens (tertiary/aromatic N) is 2. The number of rotatable bonds is 7. The van der Waals surface area contributed by atoms with Crippen LogP contribution in [0.15, 0.2) is 23.2 Å².